The van der Waals surface area contributed by atoms with Gasteiger partial charge in [-0.25, -0.2) is 16.8 Å². The zero-order valence-corrected chi connectivity index (χ0v) is 16.1. The molecule has 0 N–H and O–H groups in total. The van der Waals surface area contributed by atoms with Crippen LogP contribution in [0.25, 0.3) is 0 Å². The van der Waals surface area contributed by atoms with Gasteiger partial charge < -0.3 is 4.90 Å². The van der Waals surface area contributed by atoms with Crippen LogP contribution in [0.5, 0.6) is 0 Å². The summed E-state index contributed by atoms with van der Waals surface area (Å²) in [5.74, 6) is 0.619. The van der Waals surface area contributed by atoms with Crippen molar-refractivity contribution in [3.63, 3.8) is 0 Å². The van der Waals surface area contributed by atoms with E-state index in [0.29, 0.717) is 32.1 Å². The second-order valence-electron chi connectivity index (χ2n) is 6.65. The third-order valence-corrected chi connectivity index (χ3v) is 7.46. The van der Waals surface area contributed by atoms with Gasteiger partial charge in [-0.2, -0.15) is 4.31 Å². The van der Waals surface area contributed by atoms with Gasteiger partial charge in [-0.3, -0.25) is 0 Å². The van der Waals surface area contributed by atoms with Gasteiger partial charge in [-0.15, -0.1) is 0 Å². The summed E-state index contributed by atoms with van der Waals surface area (Å²) in [6.45, 7) is 7.42. The molecule has 1 aliphatic rings. The zero-order chi connectivity index (χ0) is 18.0. The van der Waals surface area contributed by atoms with Gasteiger partial charge in [-0.05, 0) is 31.0 Å². The highest BCUT2D eigenvalue weighted by molar-refractivity contribution is 7.93. The zero-order valence-electron chi connectivity index (χ0n) is 14.5. The molecule has 0 bridgehead atoms. The molecule has 0 unspecified atom stereocenters. The van der Waals surface area contributed by atoms with E-state index in [2.05, 4.69) is 18.7 Å². The van der Waals surface area contributed by atoms with Crippen molar-refractivity contribution in [3.8, 4) is 0 Å². The predicted molar refractivity (Wildman–Crippen MR) is 94.2 cm³/mol. The molecule has 1 heterocycles. The van der Waals surface area contributed by atoms with Crippen molar-refractivity contribution in [2.45, 2.75) is 30.1 Å². The van der Waals surface area contributed by atoms with Crippen molar-refractivity contribution in [3.05, 3.63) is 24.3 Å². The number of piperazine rings is 1. The molecule has 0 aliphatic carbocycles. The summed E-state index contributed by atoms with van der Waals surface area (Å²) in [4.78, 5) is 2.00. The second kappa shape index (κ2) is 7.51. The molecule has 8 heteroatoms. The van der Waals surface area contributed by atoms with Crippen molar-refractivity contribution < 1.29 is 16.8 Å². The third kappa shape index (κ3) is 4.56. The van der Waals surface area contributed by atoms with Crippen molar-refractivity contribution in [2.75, 3.05) is 39.0 Å². The Bertz CT molecular complexity index is 765. The van der Waals surface area contributed by atoms with Gasteiger partial charge in [0.1, 0.15) is 4.90 Å². The Kier molecular flexibility index (Phi) is 6.06. The number of rotatable bonds is 6. The fourth-order valence-electron chi connectivity index (χ4n) is 2.74. The van der Waals surface area contributed by atoms with Crippen LogP contribution in [0.1, 0.15) is 20.3 Å². The lowest BCUT2D eigenvalue weighted by atomic mass is 10.1. The Morgan fingerprint density at radius 1 is 0.958 bits per heavy atom. The van der Waals surface area contributed by atoms with Gasteiger partial charge in [0.25, 0.3) is 0 Å². The molecule has 0 radical (unpaired) electrons. The van der Waals surface area contributed by atoms with E-state index < -0.39 is 19.9 Å². The molecule has 6 nitrogen and oxygen atoms in total. The second-order valence-corrected chi connectivity index (χ2v) is 10.5. The van der Waals surface area contributed by atoms with E-state index in [0.717, 1.165) is 19.2 Å². The van der Waals surface area contributed by atoms with Crippen molar-refractivity contribution >= 4 is 19.9 Å². The summed E-state index contributed by atoms with van der Waals surface area (Å²) in [6, 6.07) is 5.82. The van der Waals surface area contributed by atoms with Gasteiger partial charge in [0.15, 0.2) is 9.84 Å². The lowest BCUT2D eigenvalue weighted by Crippen LogP contribution is -2.49. The normalized spacial score (nSPS) is 18.2. The minimum atomic E-state index is -3.80. The summed E-state index contributed by atoms with van der Waals surface area (Å²) in [5.41, 5.74) is 0. The fourth-order valence-corrected chi connectivity index (χ4v) is 5.77. The quantitative estimate of drug-likeness (QED) is 0.753. The van der Waals surface area contributed by atoms with Crippen LogP contribution < -0.4 is 0 Å². The summed E-state index contributed by atoms with van der Waals surface area (Å²) in [5, 5.41) is 0. The standard InChI is InChI=1S/C16H26N2O4S2/c1-14(2)8-9-17-10-12-18(13-11-17)24(21,22)16-7-5-4-6-15(16)23(3,19)20/h4-7,14H,8-13H2,1-3H3. The van der Waals surface area contributed by atoms with Crippen LogP contribution in [0.2, 0.25) is 0 Å². The Labute approximate surface area is 145 Å². The van der Waals surface area contributed by atoms with Crippen LogP contribution in [-0.4, -0.2) is 65.0 Å². The van der Waals surface area contributed by atoms with Crippen LogP contribution in [-0.2, 0) is 19.9 Å². The molecule has 1 fully saturated rings. The first-order chi connectivity index (χ1) is 11.1. The molecule has 1 saturated heterocycles. The smallest absolute Gasteiger partial charge is 0.244 e. The average molecular weight is 375 g/mol. The Morgan fingerprint density at radius 3 is 2.00 bits per heavy atom. The minimum Gasteiger partial charge on any atom is -0.301 e. The van der Waals surface area contributed by atoms with Crippen LogP contribution in [0, 0.1) is 5.92 Å². The van der Waals surface area contributed by atoms with E-state index in [1.165, 1.54) is 16.4 Å². The largest absolute Gasteiger partial charge is 0.301 e. The molecule has 2 rings (SSSR count). The number of sulfonamides is 1. The topological polar surface area (TPSA) is 74.8 Å². The van der Waals surface area contributed by atoms with Crippen molar-refractivity contribution in [2.24, 2.45) is 5.92 Å². The van der Waals surface area contributed by atoms with Gasteiger partial charge in [-0.1, -0.05) is 26.0 Å². The van der Waals surface area contributed by atoms with E-state index >= 15 is 0 Å². The molecule has 0 spiro atoms. The molecule has 0 saturated carbocycles. The molecule has 1 aliphatic heterocycles. The molecule has 0 amide bonds. The SMILES string of the molecule is CC(C)CCN1CCN(S(=O)(=O)c2ccccc2S(C)(=O)=O)CC1. The monoisotopic (exact) mass is 374 g/mol. The number of hydrogen-bond acceptors (Lipinski definition) is 5. The van der Waals surface area contributed by atoms with E-state index in [9.17, 15) is 16.8 Å². The number of sulfone groups is 1. The highest BCUT2D eigenvalue weighted by Gasteiger charge is 2.32. The van der Waals surface area contributed by atoms with E-state index in [4.69, 9.17) is 0 Å². The fraction of sp³-hybridized carbons (Fsp3) is 0.625. The number of hydrogen-bond donors (Lipinski definition) is 0. The van der Waals surface area contributed by atoms with Crippen LogP contribution >= 0.6 is 0 Å². The minimum absolute atomic E-state index is 0.122. The van der Waals surface area contributed by atoms with Gasteiger partial charge in [0, 0.05) is 32.4 Å². The first-order valence-electron chi connectivity index (χ1n) is 8.14. The molecular weight excluding hydrogens is 348 g/mol. The maximum atomic E-state index is 12.9. The summed E-state index contributed by atoms with van der Waals surface area (Å²) in [6.07, 6.45) is 2.12. The van der Waals surface area contributed by atoms with Crippen LogP contribution in [0.15, 0.2) is 34.1 Å². The lowest BCUT2D eigenvalue weighted by Gasteiger charge is -2.34. The molecule has 24 heavy (non-hydrogen) atoms. The summed E-state index contributed by atoms with van der Waals surface area (Å²) < 4.78 is 50.9. The summed E-state index contributed by atoms with van der Waals surface area (Å²) in [7, 11) is -7.40. The van der Waals surface area contributed by atoms with Gasteiger partial charge in [0.05, 0.1) is 4.90 Å². The van der Waals surface area contributed by atoms with Crippen LogP contribution in [0.3, 0.4) is 0 Å². The first-order valence-corrected chi connectivity index (χ1v) is 11.5. The van der Waals surface area contributed by atoms with Crippen molar-refractivity contribution in [1.29, 1.82) is 0 Å². The molecule has 1 aromatic carbocycles. The summed E-state index contributed by atoms with van der Waals surface area (Å²) >= 11 is 0. The maximum Gasteiger partial charge on any atom is 0.244 e. The maximum absolute atomic E-state index is 12.9. The average Bonchev–Trinajstić information content (AvgIpc) is 2.52. The van der Waals surface area contributed by atoms with Gasteiger partial charge in [0.2, 0.25) is 10.0 Å². The molecule has 0 aromatic heterocycles. The van der Waals surface area contributed by atoms with Gasteiger partial charge >= 0.3 is 0 Å². The lowest BCUT2D eigenvalue weighted by molar-refractivity contribution is 0.180. The molecule has 136 valence electrons. The van der Waals surface area contributed by atoms with Crippen molar-refractivity contribution in [1.82, 2.24) is 9.21 Å². The Morgan fingerprint density at radius 2 is 1.50 bits per heavy atom. The first kappa shape index (κ1) is 19.4. The predicted octanol–water partition coefficient (Wildman–Crippen LogP) is 1.44. The number of nitrogens with zero attached hydrogens (tertiary/aromatic N) is 2. The van der Waals surface area contributed by atoms with E-state index in [1.807, 2.05) is 0 Å². The molecule has 0 atom stereocenters. The Balaban J connectivity index is 2.16. The third-order valence-electron chi connectivity index (χ3n) is 4.22. The van der Waals surface area contributed by atoms with E-state index in [-0.39, 0.29) is 9.79 Å². The molecule has 1 aromatic rings. The highest BCUT2D eigenvalue weighted by Crippen LogP contribution is 2.25. The van der Waals surface area contributed by atoms with Crippen LogP contribution in [0.4, 0.5) is 0 Å². The van der Waals surface area contributed by atoms with E-state index in [1.54, 1.807) is 12.1 Å². The molecular formula is C16H26N2O4S2. The number of benzene rings is 1. The highest BCUT2D eigenvalue weighted by atomic mass is 32.2. The Hall–Kier alpha value is -0.960.